The second-order valence-electron chi connectivity index (χ2n) is 6.03. The van der Waals surface area contributed by atoms with Crippen molar-refractivity contribution in [2.45, 2.75) is 39.3 Å². The first-order valence-electron chi connectivity index (χ1n) is 8.31. The van der Waals surface area contributed by atoms with E-state index in [0.29, 0.717) is 25.1 Å². The maximum Gasteiger partial charge on any atom is 0.319 e. The molecule has 0 fully saturated rings. The molecule has 0 unspecified atom stereocenters. The lowest BCUT2D eigenvalue weighted by Crippen LogP contribution is -2.45. The van der Waals surface area contributed by atoms with Crippen molar-refractivity contribution in [2.75, 3.05) is 33.1 Å². The first-order chi connectivity index (χ1) is 11.0. The minimum Gasteiger partial charge on any atom is -0.380 e. The summed E-state index contributed by atoms with van der Waals surface area (Å²) < 4.78 is 5.16. The van der Waals surface area contributed by atoms with Crippen LogP contribution >= 0.6 is 0 Å². The Kier molecular flexibility index (Phi) is 8.66. The molecule has 0 saturated heterocycles. The smallest absolute Gasteiger partial charge is 0.319 e. The molecule has 0 spiro atoms. The molecule has 5 nitrogen and oxygen atoms in total. The first kappa shape index (κ1) is 19.5. The van der Waals surface area contributed by atoms with Crippen LogP contribution in [0, 0.1) is 5.92 Å². The lowest BCUT2D eigenvalue weighted by Gasteiger charge is -2.31. The maximum atomic E-state index is 12.2. The summed E-state index contributed by atoms with van der Waals surface area (Å²) >= 11 is 0. The molecule has 0 heterocycles. The van der Waals surface area contributed by atoms with Crippen molar-refractivity contribution in [3.63, 3.8) is 0 Å². The highest BCUT2D eigenvalue weighted by Gasteiger charge is 2.21. The van der Waals surface area contributed by atoms with Gasteiger partial charge in [0.15, 0.2) is 0 Å². The zero-order valence-electron chi connectivity index (χ0n) is 15.1. The van der Waals surface area contributed by atoms with Crippen molar-refractivity contribution in [3.05, 3.63) is 29.8 Å². The van der Waals surface area contributed by atoms with Gasteiger partial charge in [-0.1, -0.05) is 44.9 Å². The first-order valence-corrected chi connectivity index (χ1v) is 8.31. The molecule has 0 bridgehead atoms. The molecule has 0 aliphatic heterocycles. The number of rotatable bonds is 9. The molecule has 1 aromatic rings. The summed E-state index contributed by atoms with van der Waals surface area (Å²) in [6, 6.07) is 7.84. The van der Waals surface area contributed by atoms with Crippen molar-refractivity contribution in [3.8, 4) is 0 Å². The van der Waals surface area contributed by atoms with Crippen molar-refractivity contribution in [1.29, 1.82) is 0 Å². The molecule has 0 aliphatic carbocycles. The predicted octanol–water partition coefficient (Wildman–Crippen LogP) is 3.32. The highest BCUT2D eigenvalue weighted by atomic mass is 16.5. The number of hydrogen-bond acceptors (Lipinski definition) is 3. The van der Waals surface area contributed by atoms with Gasteiger partial charge in [0.1, 0.15) is 0 Å². The van der Waals surface area contributed by atoms with E-state index in [2.05, 4.69) is 43.5 Å². The van der Waals surface area contributed by atoms with Crippen LogP contribution in [0.2, 0.25) is 0 Å². The monoisotopic (exact) mass is 321 g/mol. The molecule has 1 rings (SSSR count). The molecule has 2 N–H and O–H groups in total. The number of para-hydroxylation sites is 1. The molecular formula is C18H31N3O2. The summed E-state index contributed by atoms with van der Waals surface area (Å²) in [6.07, 6.45) is 2.22. The van der Waals surface area contributed by atoms with Crippen LogP contribution < -0.4 is 10.6 Å². The number of methoxy groups -OCH3 is 1. The van der Waals surface area contributed by atoms with Gasteiger partial charge in [-0.15, -0.1) is 0 Å². The van der Waals surface area contributed by atoms with Crippen LogP contribution in [0.3, 0.4) is 0 Å². The van der Waals surface area contributed by atoms with Crippen LogP contribution in [-0.4, -0.2) is 44.7 Å². The van der Waals surface area contributed by atoms with Gasteiger partial charge in [0.05, 0.1) is 6.61 Å². The molecule has 1 aromatic carbocycles. The van der Waals surface area contributed by atoms with Crippen molar-refractivity contribution in [1.82, 2.24) is 10.2 Å². The Morgan fingerprint density at radius 2 is 1.87 bits per heavy atom. The van der Waals surface area contributed by atoms with E-state index >= 15 is 0 Å². The molecule has 1 atom stereocenters. The number of hydrogen-bond donors (Lipinski definition) is 2. The van der Waals surface area contributed by atoms with E-state index in [1.54, 1.807) is 7.11 Å². The Morgan fingerprint density at radius 1 is 1.22 bits per heavy atom. The van der Waals surface area contributed by atoms with Crippen LogP contribution in [0.5, 0.6) is 0 Å². The fraction of sp³-hybridized carbons (Fsp3) is 0.611. The van der Waals surface area contributed by atoms with Gasteiger partial charge >= 0.3 is 6.03 Å². The summed E-state index contributed by atoms with van der Waals surface area (Å²) in [5, 5.41) is 5.91. The SMILES string of the molecule is CCC(CC)[C@@H](CNC(=O)Nc1ccccc1COC)N(C)C. The number of nitrogens with one attached hydrogen (secondary N) is 2. The Morgan fingerprint density at radius 3 is 2.43 bits per heavy atom. The Labute approximate surface area is 140 Å². The lowest BCUT2D eigenvalue weighted by atomic mass is 9.93. The normalized spacial score (nSPS) is 12.5. The van der Waals surface area contributed by atoms with Gasteiger partial charge in [0.25, 0.3) is 0 Å². The summed E-state index contributed by atoms with van der Waals surface area (Å²) in [7, 11) is 5.78. The van der Waals surface area contributed by atoms with Crippen LogP contribution in [0.25, 0.3) is 0 Å². The van der Waals surface area contributed by atoms with Gasteiger partial charge in [0.2, 0.25) is 0 Å². The fourth-order valence-corrected chi connectivity index (χ4v) is 2.89. The van der Waals surface area contributed by atoms with Gasteiger partial charge in [-0.2, -0.15) is 0 Å². The highest BCUT2D eigenvalue weighted by Crippen LogP contribution is 2.17. The second kappa shape index (κ2) is 10.2. The number of carbonyl (C=O) groups is 1. The maximum absolute atomic E-state index is 12.2. The number of nitrogens with zero attached hydrogens (tertiary/aromatic N) is 1. The van der Waals surface area contributed by atoms with Crippen LogP contribution in [0.1, 0.15) is 32.3 Å². The third-order valence-corrected chi connectivity index (χ3v) is 4.29. The second-order valence-corrected chi connectivity index (χ2v) is 6.03. The zero-order valence-corrected chi connectivity index (χ0v) is 15.1. The van der Waals surface area contributed by atoms with E-state index in [4.69, 9.17) is 4.74 Å². The molecule has 5 heteroatoms. The van der Waals surface area contributed by atoms with E-state index < -0.39 is 0 Å². The Hall–Kier alpha value is -1.59. The van der Waals surface area contributed by atoms with E-state index in [9.17, 15) is 4.79 Å². The molecule has 2 amide bonds. The summed E-state index contributed by atoms with van der Waals surface area (Å²) in [6.45, 7) is 5.51. The average molecular weight is 321 g/mol. The van der Waals surface area contributed by atoms with Gasteiger partial charge in [-0.25, -0.2) is 4.79 Å². The molecule has 23 heavy (non-hydrogen) atoms. The number of likely N-dealkylation sites (N-methyl/N-ethyl adjacent to an activating group) is 1. The number of urea groups is 1. The van der Waals surface area contributed by atoms with Crippen molar-refractivity contribution < 1.29 is 9.53 Å². The minimum absolute atomic E-state index is 0.175. The quantitative estimate of drug-likeness (QED) is 0.733. The highest BCUT2D eigenvalue weighted by molar-refractivity contribution is 5.90. The third-order valence-electron chi connectivity index (χ3n) is 4.29. The van der Waals surface area contributed by atoms with Gasteiger partial charge in [0, 0.05) is 30.9 Å². The third kappa shape index (κ3) is 6.20. The molecule has 0 aromatic heterocycles. The number of amides is 2. The predicted molar refractivity (Wildman–Crippen MR) is 95.7 cm³/mol. The minimum atomic E-state index is -0.175. The summed E-state index contributed by atoms with van der Waals surface area (Å²) in [5.41, 5.74) is 1.75. The summed E-state index contributed by atoms with van der Waals surface area (Å²) in [4.78, 5) is 14.4. The lowest BCUT2D eigenvalue weighted by molar-refractivity contribution is 0.185. The Balaban J connectivity index is 2.62. The molecular weight excluding hydrogens is 290 g/mol. The molecule has 0 radical (unpaired) electrons. The molecule has 130 valence electrons. The number of ether oxygens (including phenoxy) is 1. The number of benzene rings is 1. The Bertz CT molecular complexity index is 473. The molecule has 0 aliphatic rings. The van der Waals surface area contributed by atoms with Gasteiger partial charge in [-0.05, 0) is 26.1 Å². The number of carbonyl (C=O) groups excluding carboxylic acids is 1. The van der Waals surface area contributed by atoms with Gasteiger partial charge in [-0.3, -0.25) is 0 Å². The standard InChI is InChI=1S/C18H31N3O2/c1-6-14(7-2)17(21(3)4)12-19-18(22)20-16-11-9-8-10-15(16)13-23-5/h8-11,14,17H,6-7,12-13H2,1-5H3,(H2,19,20,22)/t17-/m1/s1. The van der Waals surface area contributed by atoms with Crippen molar-refractivity contribution in [2.24, 2.45) is 5.92 Å². The van der Waals surface area contributed by atoms with E-state index in [1.165, 1.54) is 0 Å². The van der Waals surface area contributed by atoms with Crippen molar-refractivity contribution >= 4 is 11.7 Å². The van der Waals surface area contributed by atoms with Crippen LogP contribution in [-0.2, 0) is 11.3 Å². The topological polar surface area (TPSA) is 53.6 Å². The van der Waals surface area contributed by atoms with Crippen LogP contribution in [0.4, 0.5) is 10.5 Å². The average Bonchev–Trinajstić information content (AvgIpc) is 2.53. The fourth-order valence-electron chi connectivity index (χ4n) is 2.89. The summed E-state index contributed by atoms with van der Waals surface area (Å²) in [5.74, 6) is 0.575. The van der Waals surface area contributed by atoms with Gasteiger partial charge < -0.3 is 20.3 Å². The van der Waals surface area contributed by atoms with Crippen LogP contribution in [0.15, 0.2) is 24.3 Å². The zero-order chi connectivity index (χ0) is 17.2. The number of anilines is 1. The van der Waals surface area contributed by atoms with E-state index in [0.717, 1.165) is 24.1 Å². The molecule has 0 saturated carbocycles. The van der Waals surface area contributed by atoms with E-state index in [1.807, 2.05) is 24.3 Å². The largest absolute Gasteiger partial charge is 0.380 e. The van der Waals surface area contributed by atoms with E-state index in [-0.39, 0.29) is 6.03 Å².